The third-order valence-electron chi connectivity index (χ3n) is 4.89. The molecule has 29 heavy (non-hydrogen) atoms. The number of hydrogen-bond donors (Lipinski definition) is 4. The van der Waals surface area contributed by atoms with Gasteiger partial charge >= 0.3 is 0 Å². The highest BCUT2D eigenvalue weighted by Gasteiger charge is 2.44. The largest absolute Gasteiger partial charge is 0.351 e. The van der Waals surface area contributed by atoms with Crippen LogP contribution in [0.2, 0.25) is 5.02 Å². The van der Waals surface area contributed by atoms with E-state index in [1.807, 2.05) is 59.6 Å². The molecule has 7 nitrogen and oxygen atoms in total. The minimum atomic E-state index is -0.346. The number of fused-ring (bicyclic) bond motifs is 1. The van der Waals surface area contributed by atoms with Gasteiger partial charge in [-0.2, -0.15) is 0 Å². The van der Waals surface area contributed by atoms with E-state index >= 15 is 0 Å². The fraction of sp³-hybridized carbons (Fsp3) is 0.300. The minimum Gasteiger partial charge on any atom is -0.351 e. The summed E-state index contributed by atoms with van der Waals surface area (Å²) in [5.74, 6) is -0.0678. The summed E-state index contributed by atoms with van der Waals surface area (Å²) in [6.45, 7) is 1.03. The lowest BCUT2D eigenvalue weighted by atomic mass is 10.1. The maximum Gasteiger partial charge on any atom is 0.230 e. The number of hydrazine groups is 1. The Balaban J connectivity index is 1.32. The van der Waals surface area contributed by atoms with Crippen LogP contribution in [-0.2, 0) is 16.1 Å². The van der Waals surface area contributed by atoms with Gasteiger partial charge in [0.05, 0.1) is 17.4 Å². The first kappa shape index (κ1) is 20.0. The second-order valence-corrected chi connectivity index (χ2v) is 8.42. The molecule has 152 valence electrons. The zero-order chi connectivity index (χ0) is 20.2. The van der Waals surface area contributed by atoms with Crippen LogP contribution in [0, 0.1) is 5.92 Å². The van der Waals surface area contributed by atoms with Crippen LogP contribution in [0.25, 0.3) is 0 Å². The van der Waals surface area contributed by atoms with Crippen molar-refractivity contribution < 1.29 is 9.59 Å². The lowest BCUT2D eigenvalue weighted by Gasteiger charge is -2.37. The number of carbonyl (C=O) groups excluding carboxylic acids is 2. The van der Waals surface area contributed by atoms with Crippen molar-refractivity contribution >= 4 is 40.9 Å². The van der Waals surface area contributed by atoms with Crippen LogP contribution in [-0.4, -0.2) is 35.8 Å². The molecule has 3 unspecified atom stereocenters. The molecule has 2 aromatic carbocycles. The molecule has 2 aliphatic heterocycles. The number of nitrogens with one attached hydrogen (secondary N) is 4. The molecule has 4 rings (SSSR count). The molecule has 0 saturated carbocycles. The van der Waals surface area contributed by atoms with E-state index < -0.39 is 0 Å². The normalized spacial score (nSPS) is 23.4. The van der Waals surface area contributed by atoms with Crippen molar-refractivity contribution in [2.24, 2.45) is 5.92 Å². The van der Waals surface area contributed by atoms with Crippen molar-refractivity contribution in [2.45, 2.75) is 18.2 Å². The van der Waals surface area contributed by atoms with E-state index in [9.17, 15) is 9.59 Å². The van der Waals surface area contributed by atoms with Gasteiger partial charge in [-0.15, -0.1) is 11.8 Å². The molecule has 2 saturated heterocycles. The van der Waals surface area contributed by atoms with Crippen LogP contribution in [0.1, 0.15) is 5.56 Å². The maximum atomic E-state index is 12.5. The van der Waals surface area contributed by atoms with E-state index in [4.69, 9.17) is 11.6 Å². The molecule has 3 atom stereocenters. The maximum absolute atomic E-state index is 12.5. The second-order valence-electron chi connectivity index (χ2n) is 6.89. The molecular weight excluding hydrogens is 410 g/mol. The minimum absolute atomic E-state index is 0.0279. The standard InChI is InChI=1S/C20H22ClN5O2S/c21-14-6-8-15(9-7-14)26-18-16(11-23-26)19(28)25-20(24-18)29-12-17(27)22-10-13-4-2-1-3-5-13/h1-9,16,18,20,23-24H,10-12H2,(H,22,27)(H,25,28). The van der Waals surface area contributed by atoms with Gasteiger partial charge in [0.1, 0.15) is 11.7 Å². The van der Waals surface area contributed by atoms with Crippen molar-refractivity contribution in [2.75, 3.05) is 17.3 Å². The number of rotatable bonds is 6. The fourth-order valence-electron chi connectivity index (χ4n) is 3.40. The highest BCUT2D eigenvalue weighted by molar-refractivity contribution is 8.00. The fourth-order valence-corrected chi connectivity index (χ4v) is 4.38. The van der Waals surface area contributed by atoms with E-state index in [2.05, 4.69) is 21.4 Å². The summed E-state index contributed by atoms with van der Waals surface area (Å²) in [6.07, 6.45) is -0.199. The average Bonchev–Trinajstić information content (AvgIpc) is 3.17. The number of carbonyl (C=O) groups is 2. The first-order valence-corrected chi connectivity index (χ1v) is 10.8. The Kier molecular flexibility index (Phi) is 6.25. The van der Waals surface area contributed by atoms with Crippen molar-refractivity contribution in [1.29, 1.82) is 0 Å². The predicted molar refractivity (Wildman–Crippen MR) is 115 cm³/mol. The van der Waals surface area contributed by atoms with E-state index in [0.717, 1.165) is 11.3 Å². The Morgan fingerprint density at radius 1 is 1.17 bits per heavy atom. The van der Waals surface area contributed by atoms with Crippen molar-refractivity contribution in [3.63, 3.8) is 0 Å². The molecule has 2 heterocycles. The summed E-state index contributed by atoms with van der Waals surface area (Å²) >= 11 is 7.34. The van der Waals surface area contributed by atoms with Gasteiger partial charge in [-0.3, -0.25) is 19.9 Å². The Labute approximate surface area is 178 Å². The van der Waals surface area contributed by atoms with Crippen molar-refractivity contribution in [3.8, 4) is 0 Å². The molecule has 0 bridgehead atoms. The van der Waals surface area contributed by atoms with Crippen LogP contribution < -0.4 is 26.4 Å². The smallest absolute Gasteiger partial charge is 0.230 e. The zero-order valence-electron chi connectivity index (χ0n) is 15.6. The quantitative estimate of drug-likeness (QED) is 0.556. The van der Waals surface area contributed by atoms with Gasteiger partial charge in [-0.1, -0.05) is 41.9 Å². The summed E-state index contributed by atoms with van der Waals surface area (Å²) < 4.78 is 0. The Bertz CT molecular complexity index is 867. The topological polar surface area (TPSA) is 85.5 Å². The molecule has 0 radical (unpaired) electrons. The van der Waals surface area contributed by atoms with Gasteiger partial charge in [-0.25, -0.2) is 5.43 Å². The number of hydrogen-bond acceptors (Lipinski definition) is 6. The number of nitrogens with zero attached hydrogens (tertiary/aromatic N) is 1. The first-order chi connectivity index (χ1) is 14.1. The highest BCUT2D eigenvalue weighted by atomic mass is 35.5. The Morgan fingerprint density at radius 2 is 1.93 bits per heavy atom. The third-order valence-corrected chi connectivity index (χ3v) is 6.16. The first-order valence-electron chi connectivity index (χ1n) is 9.37. The molecule has 0 aliphatic carbocycles. The molecule has 0 aromatic heterocycles. The van der Waals surface area contributed by atoms with E-state index in [0.29, 0.717) is 18.1 Å². The summed E-state index contributed by atoms with van der Waals surface area (Å²) in [5, 5.41) is 11.9. The summed E-state index contributed by atoms with van der Waals surface area (Å²) in [6, 6.07) is 17.2. The molecule has 2 aliphatic rings. The Hall–Kier alpha value is -2.26. The number of thioether (sulfide) groups is 1. The summed E-state index contributed by atoms with van der Waals surface area (Å²) in [4.78, 5) is 24.7. The van der Waals surface area contributed by atoms with E-state index in [-0.39, 0.29) is 35.1 Å². The summed E-state index contributed by atoms with van der Waals surface area (Å²) in [7, 11) is 0. The molecule has 2 aromatic rings. The SMILES string of the molecule is O=C(CSC1NC(=O)C2CNN(c3ccc(Cl)cc3)C2N1)NCc1ccccc1. The van der Waals surface area contributed by atoms with E-state index in [1.54, 1.807) is 0 Å². The van der Waals surface area contributed by atoms with Crippen LogP contribution >= 0.6 is 23.4 Å². The van der Waals surface area contributed by atoms with Gasteiger partial charge in [0, 0.05) is 18.1 Å². The van der Waals surface area contributed by atoms with Gasteiger partial charge in [-0.05, 0) is 29.8 Å². The lowest BCUT2D eigenvalue weighted by Crippen LogP contribution is -2.63. The number of amides is 2. The zero-order valence-corrected chi connectivity index (χ0v) is 17.2. The number of benzene rings is 2. The predicted octanol–water partition coefficient (Wildman–Crippen LogP) is 1.66. The lowest BCUT2D eigenvalue weighted by molar-refractivity contribution is -0.127. The number of anilines is 1. The van der Waals surface area contributed by atoms with Crippen LogP contribution in [0.5, 0.6) is 0 Å². The van der Waals surface area contributed by atoms with Gasteiger partial charge in [0.25, 0.3) is 0 Å². The molecule has 9 heteroatoms. The van der Waals surface area contributed by atoms with Gasteiger partial charge < -0.3 is 10.6 Å². The van der Waals surface area contributed by atoms with Gasteiger partial charge in [0.15, 0.2) is 0 Å². The molecular formula is C20H22ClN5O2S. The summed E-state index contributed by atoms with van der Waals surface area (Å²) in [5.41, 5.74) is 4.89. The average molecular weight is 432 g/mol. The Morgan fingerprint density at radius 3 is 2.69 bits per heavy atom. The van der Waals surface area contributed by atoms with Crippen LogP contribution in [0.3, 0.4) is 0 Å². The van der Waals surface area contributed by atoms with Gasteiger partial charge in [0.2, 0.25) is 11.8 Å². The van der Waals surface area contributed by atoms with Crippen molar-refractivity contribution in [3.05, 3.63) is 65.2 Å². The molecule has 0 spiro atoms. The van der Waals surface area contributed by atoms with E-state index in [1.165, 1.54) is 11.8 Å². The monoisotopic (exact) mass is 431 g/mol. The third kappa shape index (κ3) is 4.84. The number of halogens is 1. The van der Waals surface area contributed by atoms with Crippen molar-refractivity contribution in [1.82, 2.24) is 21.4 Å². The molecule has 2 fully saturated rings. The second kappa shape index (κ2) is 9.04. The van der Waals surface area contributed by atoms with Crippen LogP contribution in [0.4, 0.5) is 5.69 Å². The van der Waals surface area contributed by atoms with Crippen LogP contribution in [0.15, 0.2) is 54.6 Å². The molecule has 4 N–H and O–H groups in total. The molecule has 2 amide bonds. The highest BCUT2D eigenvalue weighted by Crippen LogP contribution is 2.27.